The molecular weight excluding hydrogens is 222 g/mol. The number of tetrazole rings is 1. The normalized spacial score (nSPS) is 11.1. The minimum atomic E-state index is 0.328. The summed E-state index contributed by atoms with van der Waals surface area (Å²) in [6.45, 7) is 0.328. The number of fused-ring (bicyclic) bond motifs is 1. The van der Waals surface area contributed by atoms with Crippen molar-refractivity contribution in [1.29, 1.82) is 0 Å². The van der Waals surface area contributed by atoms with Crippen LogP contribution in [0.5, 0.6) is 0 Å². The van der Waals surface area contributed by atoms with Crippen LogP contribution in [0.3, 0.4) is 0 Å². The Balaban J connectivity index is 2.18. The van der Waals surface area contributed by atoms with Gasteiger partial charge in [0.2, 0.25) is 0 Å². The molecule has 0 saturated carbocycles. The summed E-state index contributed by atoms with van der Waals surface area (Å²) >= 11 is 1.72. The minimum Gasteiger partial charge on any atom is -0.324 e. The van der Waals surface area contributed by atoms with Crippen LogP contribution >= 0.6 is 11.3 Å². The molecule has 0 spiro atoms. The molecule has 2 N–H and O–H groups in total. The first kappa shape index (κ1) is 9.44. The number of hydrogen-bond donors (Lipinski definition) is 1. The molecule has 0 radical (unpaired) electrons. The highest BCUT2D eigenvalue weighted by atomic mass is 32.1. The average molecular weight is 231 g/mol. The van der Waals surface area contributed by atoms with Crippen molar-refractivity contribution in [3.8, 4) is 5.69 Å². The van der Waals surface area contributed by atoms with E-state index >= 15 is 0 Å². The van der Waals surface area contributed by atoms with Crippen LogP contribution < -0.4 is 5.73 Å². The van der Waals surface area contributed by atoms with Gasteiger partial charge in [-0.05, 0) is 45.5 Å². The van der Waals surface area contributed by atoms with E-state index in [4.69, 9.17) is 5.73 Å². The first-order chi connectivity index (χ1) is 7.88. The lowest BCUT2D eigenvalue weighted by Gasteiger charge is -2.02. The van der Waals surface area contributed by atoms with Crippen molar-refractivity contribution in [2.75, 3.05) is 0 Å². The van der Waals surface area contributed by atoms with Crippen LogP contribution in [-0.2, 0) is 6.54 Å². The fourth-order valence-electron chi connectivity index (χ4n) is 1.62. The van der Waals surface area contributed by atoms with Crippen LogP contribution in [0.15, 0.2) is 29.6 Å². The second-order valence-corrected chi connectivity index (χ2v) is 4.30. The molecule has 6 heteroatoms. The molecule has 0 amide bonds. The van der Waals surface area contributed by atoms with E-state index in [2.05, 4.69) is 39.1 Å². The molecule has 0 fully saturated rings. The van der Waals surface area contributed by atoms with E-state index in [1.165, 1.54) is 10.1 Å². The maximum atomic E-state index is 5.56. The van der Waals surface area contributed by atoms with E-state index in [1.54, 1.807) is 16.0 Å². The molecule has 0 aliphatic carbocycles. The van der Waals surface area contributed by atoms with Gasteiger partial charge in [-0.15, -0.1) is 16.4 Å². The van der Waals surface area contributed by atoms with Crippen LogP contribution in [0.1, 0.15) is 5.82 Å². The molecule has 0 atom stereocenters. The number of aromatic nitrogens is 4. The highest BCUT2D eigenvalue weighted by Gasteiger charge is 2.06. The van der Waals surface area contributed by atoms with E-state index in [0.717, 1.165) is 5.69 Å². The zero-order valence-electron chi connectivity index (χ0n) is 8.37. The summed E-state index contributed by atoms with van der Waals surface area (Å²) in [4.78, 5) is 0. The molecule has 2 aromatic heterocycles. The Kier molecular flexibility index (Phi) is 2.16. The first-order valence-electron chi connectivity index (χ1n) is 4.83. The Labute approximate surface area is 95.5 Å². The maximum Gasteiger partial charge on any atom is 0.170 e. The Hall–Kier alpha value is -1.79. The van der Waals surface area contributed by atoms with Crippen molar-refractivity contribution < 1.29 is 0 Å². The van der Waals surface area contributed by atoms with Crippen molar-refractivity contribution in [3.63, 3.8) is 0 Å². The summed E-state index contributed by atoms with van der Waals surface area (Å²) in [5, 5.41) is 14.7. The van der Waals surface area contributed by atoms with Crippen LogP contribution in [0, 0.1) is 0 Å². The Bertz CT molecular complexity index is 627. The van der Waals surface area contributed by atoms with Gasteiger partial charge in [-0.1, -0.05) is 0 Å². The molecule has 3 rings (SSSR count). The number of rotatable bonds is 2. The summed E-state index contributed by atoms with van der Waals surface area (Å²) in [5.41, 5.74) is 6.50. The summed E-state index contributed by atoms with van der Waals surface area (Å²) in [7, 11) is 0. The van der Waals surface area contributed by atoms with Gasteiger partial charge in [0.1, 0.15) is 0 Å². The molecule has 2 heterocycles. The van der Waals surface area contributed by atoms with Gasteiger partial charge in [-0.25, -0.2) is 0 Å². The molecule has 0 unspecified atom stereocenters. The van der Waals surface area contributed by atoms with E-state index in [-0.39, 0.29) is 0 Å². The number of nitrogens with two attached hydrogens (primary N) is 1. The molecular formula is C10H9N5S. The second-order valence-electron chi connectivity index (χ2n) is 3.35. The smallest absolute Gasteiger partial charge is 0.170 e. The molecule has 0 bridgehead atoms. The highest BCUT2D eigenvalue weighted by Crippen LogP contribution is 2.23. The van der Waals surface area contributed by atoms with Crippen molar-refractivity contribution in [2.45, 2.75) is 6.54 Å². The molecule has 5 nitrogen and oxygen atoms in total. The summed E-state index contributed by atoms with van der Waals surface area (Å²) < 4.78 is 2.92. The van der Waals surface area contributed by atoms with Crippen LogP contribution in [0.4, 0.5) is 0 Å². The largest absolute Gasteiger partial charge is 0.324 e. The SMILES string of the molecule is NCc1nnnn1-c1ccc2sccc2c1. The summed E-state index contributed by atoms with van der Waals surface area (Å²) in [6.07, 6.45) is 0. The second kappa shape index (κ2) is 3.66. The van der Waals surface area contributed by atoms with Gasteiger partial charge in [0.15, 0.2) is 5.82 Å². The third-order valence-corrected chi connectivity index (χ3v) is 3.30. The predicted octanol–water partition coefficient (Wildman–Crippen LogP) is 1.34. The predicted molar refractivity (Wildman–Crippen MR) is 62.4 cm³/mol. The lowest BCUT2D eigenvalue weighted by Crippen LogP contribution is -2.07. The van der Waals surface area contributed by atoms with E-state index in [9.17, 15) is 0 Å². The van der Waals surface area contributed by atoms with E-state index in [1.807, 2.05) is 6.07 Å². The lowest BCUT2D eigenvalue weighted by atomic mass is 10.2. The third-order valence-electron chi connectivity index (χ3n) is 2.40. The maximum absolute atomic E-state index is 5.56. The highest BCUT2D eigenvalue weighted by molar-refractivity contribution is 7.17. The molecule has 0 aliphatic rings. The van der Waals surface area contributed by atoms with Crippen molar-refractivity contribution in [3.05, 3.63) is 35.5 Å². The van der Waals surface area contributed by atoms with Crippen molar-refractivity contribution >= 4 is 21.4 Å². The van der Waals surface area contributed by atoms with Crippen LogP contribution in [0.25, 0.3) is 15.8 Å². The van der Waals surface area contributed by atoms with Gasteiger partial charge >= 0.3 is 0 Å². The fraction of sp³-hybridized carbons (Fsp3) is 0.100. The Morgan fingerprint density at radius 3 is 3.12 bits per heavy atom. The number of benzene rings is 1. The number of nitrogens with zero attached hydrogens (tertiary/aromatic N) is 4. The van der Waals surface area contributed by atoms with Gasteiger partial charge in [0.05, 0.1) is 12.2 Å². The van der Waals surface area contributed by atoms with Gasteiger partial charge in [-0.2, -0.15) is 4.68 Å². The molecule has 80 valence electrons. The molecule has 3 aromatic rings. The zero-order valence-corrected chi connectivity index (χ0v) is 9.18. The summed E-state index contributed by atoms with van der Waals surface area (Å²) in [6, 6.07) is 8.20. The zero-order chi connectivity index (χ0) is 11.0. The third kappa shape index (κ3) is 1.39. The Morgan fingerprint density at radius 1 is 1.31 bits per heavy atom. The lowest BCUT2D eigenvalue weighted by molar-refractivity contribution is 0.762. The van der Waals surface area contributed by atoms with Crippen molar-refractivity contribution in [1.82, 2.24) is 20.2 Å². The van der Waals surface area contributed by atoms with Gasteiger partial charge in [-0.3, -0.25) is 0 Å². The molecule has 0 saturated heterocycles. The topological polar surface area (TPSA) is 69.6 Å². The van der Waals surface area contributed by atoms with Crippen LogP contribution in [-0.4, -0.2) is 20.2 Å². The monoisotopic (exact) mass is 231 g/mol. The number of thiophene rings is 1. The van der Waals surface area contributed by atoms with E-state index in [0.29, 0.717) is 12.4 Å². The van der Waals surface area contributed by atoms with Gasteiger partial charge in [0, 0.05) is 4.70 Å². The molecule has 0 aliphatic heterocycles. The molecule has 1 aromatic carbocycles. The average Bonchev–Trinajstić information content (AvgIpc) is 2.96. The van der Waals surface area contributed by atoms with E-state index < -0.39 is 0 Å². The molecule has 16 heavy (non-hydrogen) atoms. The van der Waals surface area contributed by atoms with Gasteiger partial charge in [0.25, 0.3) is 0 Å². The van der Waals surface area contributed by atoms with Crippen molar-refractivity contribution in [2.24, 2.45) is 5.73 Å². The number of hydrogen-bond acceptors (Lipinski definition) is 5. The quantitative estimate of drug-likeness (QED) is 0.722. The first-order valence-corrected chi connectivity index (χ1v) is 5.71. The van der Waals surface area contributed by atoms with Gasteiger partial charge < -0.3 is 5.73 Å². The Morgan fingerprint density at radius 2 is 2.25 bits per heavy atom. The fourth-order valence-corrected chi connectivity index (χ4v) is 2.39. The van der Waals surface area contributed by atoms with Crippen LogP contribution in [0.2, 0.25) is 0 Å². The summed E-state index contributed by atoms with van der Waals surface area (Å²) in [5.74, 6) is 0.662. The minimum absolute atomic E-state index is 0.328. The standard InChI is InChI=1S/C10H9N5S/c11-6-10-12-13-14-15(10)8-1-2-9-7(5-8)3-4-16-9/h1-5H,6,11H2.